The van der Waals surface area contributed by atoms with Crippen LogP contribution >= 0.6 is 0 Å². The van der Waals surface area contributed by atoms with Crippen molar-refractivity contribution in [3.05, 3.63) is 12.2 Å². The molecule has 0 fully saturated rings. The maximum absolute atomic E-state index is 11.9. The minimum absolute atomic E-state index is 0.427. The standard InChI is InChI=1S/C52H100O4/c1-3-5-7-9-11-13-15-17-19-21-23-25-27-29-31-33-35-37-39-41-43-45-49-55-51(53)47-48-52(54)56-50-46-44-42-40-38-36-34-32-30-28-26-24-22-20-18-16-14-12-10-8-6-4-2/h47-48H,3-46,49-50H2,1-2H3/b48-47-. The topological polar surface area (TPSA) is 52.6 Å². The molecule has 0 atom stereocenters. The lowest BCUT2D eigenvalue weighted by Gasteiger charge is -2.05. The third-order valence-corrected chi connectivity index (χ3v) is 11.8. The van der Waals surface area contributed by atoms with Gasteiger partial charge < -0.3 is 9.47 Å². The Balaban J connectivity index is 3.28. The van der Waals surface area contributed by atoms with Crippen molar-refractivity contribution < 1.29 is 19.1 Å². The van der Waals surface area contributed by atoms with E-state index in [2.05, 4.69) is 13.8 Å². The average molecular weight is 789 g/mol. The highest BCUT2D eigenvalue weighted by Crippen LogP contribution is 2.17. The zero-order valence-electron chi connectivity index (χ0n) is 38.3. The van der Waals surface area contributed by atoms with Crippen LogP contribution in [0, 0.1) is 0 Å². The van der Waals surface area contributed by atoms with Crippen LogP contribution in [0.25, 0.3) is 0 Å². The van der Waals surface area contributed by atoms with Crippen molar-refractivity contribution in [1.29, 1.82) is 0 Å². The van der Waals surface area contributed by atoms with Gasteiger partial charge in [0.15, 0.2) is 0 Å². The summed E-state index contributed by atoms with van der Waals surface area (Å²) in [6, 6.07) is 0. The number of unbranched alkanes of at least 4 members (excludes halogenated alkanes) is 42. The Bertz CT molecular complexity index is 728. The van der Waals surface area contributed by atoms with Crippen LogP contribution in [0.15, 0.2) is 12.2 Å². The van der Waals surface area contributed by atoms with Crippen molar-refractivity contribution in [2.75, 3.05) is 13.2 Å². The van der Waals surface area contributed by atoms with Crippen molar-refractivity contribution in [3.63, 3.8) is 0 Å². The molecule has 56 heavy (non-hydrogen) atoms. The Morgan fingerprint density at radius 1 is 0.250 bits per heavy atom. The van der Waals surface area contributed by atoms with Crippen LogP contribution in [0.5, 0.6) is 0 Å². The smallest absolute Gasteiger partial charge is 0.331 e. The van der Waals surface area contributed by atoms with E-state index in [0.29, 0.717) is 13.2 Å². The zero-order valence-corrected chi connectivity index (χ0v) is 38.3. The van der Waals surface area contributed by atoms with E-state index in [1.54, 1.807) is 0 Å². The number of hydrogen-bond donors (Lipinski definition) is 0. The van der Waals surface area contributed by atoms with Gasteiger partial charge in [-0.3, -0.25) is 0 Å². The zero-order chi connectivity index (χ0) is 40.5. The first-order valence-corrected chi connectivity index (χ1v) is 25.7. The Morgan fingerprint density at radius 2 is 0.393 bits per heavy atom. The minimum Gasteiger partial charge on any atom is -0.463 e. The molecule has 4 heteroatoms. The molecule has 0 aromatic heterocycles. The van der Waals surface area contributed by atoms with Crippen LogP contribution in [0.2, 0.25) is 0 Å². The van der Waals surface area contributed by atoms with E-state index in [1.807, 2.05) is 0 Å². The molecule has 0 aliphatic carbocycles. The highest BCUT2D eigenvalue weighted by atomic mass is 16.5. The van der Waals surface area contributed by atoms with Gasteiger partial charge in [-0.15, -0.1) is 0 Å². The molecule has 0 rings (SSSR count). The van der Waals surface area contributed by atoms with Crippen molar-refractivity contribution in [2.24, 2.45) is 0 Å². The molecule has 0 heterocycles. The third kappa shape index (κ3) is 48.8. The summed E-state index contributed by atoms with van der Waals surface area (Å²) >= 11 is 0. The minimum atomic E-state index is -0.449. The van der Waals surface area contributed by atoms with Crippen LogP contribution in [0.4, 0.5) is 0 Å². The molecular formula is C52H100O4. The monoisotopic (exact) mass is 789 g/mol. The molecule has 0 unspecified atom stereocenters. The number of esters is 2. The quantitative estimate of drug-likeness (QED) is 0.0350. The first-order chi connectivity index (χ1) is 27.7. The summed E-state index contributed by atoms with van der Waals surface area (Å²) in [4.78, 5) is 23.8. The van der Waals surface area contributed by atoms with E-state index in [0.717, 1.165) is 25.7 Å². The van der Waals surface area contributed by atoms with Crippen LogP contribution < -0.4 is 0 Å². The van der Waals surface area contributed by atoms with E-state index in [1.165, 1.54) is 269 Å². The molecule has 0 aliphatic heterocycles. The summed E-state index contributed by atoms with van der Waals surface area (Å²) in [7, 11) is 0. The fraction of sp³-hybridized carbons (Fsp3) is 0.923. The van der Waals surface area contributed by atoms with Gasteiger partial charge in [-0.25, -0.2) is 9.59 Å². The summed E-state index contributed by atoms with van der Waals surface area (Å²) < 4.78 is 10.5. The van der Waals surface area contributed by atoms with Gasteiger partial charge in [0, 0.05) is 12.2 Å². The van der Waals surface area contributed by atoms with Crippen LogP contribution in [-0.4, -0.2) is 25.2 Å². The molecule has 4 nitrogen and oxygen atoms in total. The molecular weight excluding hydrogens is 689 g/mol. The van der Waals surface area contributed by atoms with Crippen LogP contribution in [0.3, 0.4) is 0 Å². The van der Waals surface area contributed by atoms with Gasteiger partial charge in [0.1, 0.15) is 0 Å². The summed E-state index contributed by atoms with van der Waals surface area (Å²) in [5, 5.41) is 0. The molecule has 0 amide bonds. The predicted octanol–water partition coefficient (Wildman–Crippen LogP) is 17.8. The second kappa shape index (κ2) is 49.8. The van der Waals surface area contributed by atoms with E-state index in [4.69, 9.17) is 9.47 Å². The molecule has 0 aromatic rings. The Labute approximate surface area is 351 Å². The molecule has 0 radical (unpaired) electrons. The molecule has 0 N–H and O–H groups in total. The third-order valence-electron chi connectivity index (χ3n) is 11.8. The molecule has 0 spiro atoms. The van der Waals surface area contributed by atoms with Gasteiger partial charge in [-0.1, -0.05) is 284 Å². The van der Waals surface area contributed by atoms with Crippen molar-refractivity contribution in [2.45, 2.75) is 296 Å². The molecule has 0 saturated heterocycles. The summed E-state index contributed by atoms with van der Waals surface area (Å²) in [6.45, 7) is 5.44. The van der Waals surface area contributed by atoms with E-state index in [9.17, 15) is 9.59 Å². The van der Waals surface area contributed by atoms with Gasteiger partial charge in [-0.2, -0.15) is 0 Å². The van der Waals surface area contributed by atoms with Crippen LogP contribution in [-0.2, 0) is 19.1 Å². The second-order valence-corrected chi connectivity index (χ2v) is 17.5. The number of ether oxygens (including phenoxy) is 2. The summed E-state index contributed by atoms with van der Waals surface area (Å²) in [6.07, 6.45) is 62.4. The molecule has 0 aromatic carbocycles. The predicted molar refractivity (Wildman–Crippen MR) is 246 cm³/mol. The van der Waals surface area contributed by atoms with Gasteiger partial charge in [-0.05, 0) is 12.8 Å². The Hall–Kier alpha value is -1.32. The molecule has 0 saturated carbocycles. The molecule has 0 aliphatic rings. The lowest BCUT2D eigenvalue weighted by Crippen LogP contribution is -2.06. The van der Waals surface area contributed by atoms with Gasteiger partial charge >= 0.3 is 11.9 Å². The lowest BCUT2D eigenvalue weighted by molar-refractivity contribution is -0.140. The van der Waals surface area contributed by atoms with E-state index >= 15 is 0 Å². The van der Waals surface area contributed by atoms with E-state index < -0.39 is 11.9 Å². The summed E-state index contributed by atoms with van der Waals surface area (Å²) in [5.74, 6) is -0.899. The maximum atomic E-state index is 11.9. The van der Waals surface area contributed by atoms with Gasteiger partial charge in [0.05, 0.1) is 13.2 Å². The van der Waals surface area contributed by atoms with Gasteiger partial charge in [0.2, 0.25) is 0 Å². The Morgan fingerprint density at radius 3 is 0.554 bits per heavy atom. The fourth-order valence-corrected chi connectivity index (χ4v) is 8.00. The lowest BCUT2D eigenvalue weighted by atomic mass is 10.0. The number of carbonyl (C=O) groups is 2. The van der Waals surface area contributed by atoms with Gasteiger partial charge in [0.25, 0.3) is 0 Å². The number of carbonyl (C=O) groups excluding carboxylic acids is 2. The van der Waals surface area contributed by atoms with E-state index in [-0.39, 0.29) is 0 Å². The molecule has 332 valence electrons. The largest absolute Gasteiger partial charge is 0.463 e. The van der Waals surface area contributed by atoms with Crippen molar-refractivity contribution >= 4 is 11.9 Å². The maximum Gasteiger partial charge on any atom is 0.331 e. The first-order valence-electron chi connectivity index (χ1n) is 25.7. The van der Waals surface area contributed by atoms with Crippen molar-refractivity contribution in [1.82, 2.24) is 0 Å². The number of rotatable bonds is 48. The van der Waals surface area contributed by atoms with Crippen molar-refractivity contribution in [3.8, 4) is 0 Å². The highest BCUT2D eigenvalue weighted by molar-refractivity contribution is 5.91. The number of hydrogen-bond acceptors (Lipinski definition) is 4. The van der Waals surface area contributed by atoms with Crippen LogP contribution in [0.1, 0.15) is 296 Å². The second-order valence-electron chi connectivity index (χ2n) is 17.5. The average Bonchev–Trinajstić information content (AvgIpc) is 3.20. The fourth-order valence-electron chi connectivity index (χ4n) is 8.00. The SMILES string of the molecule is CCCCCCCCCCCCCCCCCCCCCCCCOC(=O)/C=C\C(=O)OCCCCCCCCCCCCCCCCCCCCCCCC. The normalized spacial score (nSPS) is 11.5. The first kappa shape index (κ1) is 54.7. The molecule has 0 bridgehead atoms. The highest BCUT2D eigenvalue weighted by Gasteiger charge is 2.03. The summed E-state index contributed by atoms with van der Waals surface area (Å²) in [5.41, 5.74) is 0. The Kier molecular flexibility index (Phi) is 48.7.